The van der Waals surface area contributed by atoms with E-state index in [-0.39, 0.29) is 16.4 Å². The van der Waals surface area contributed by atoms with Crippen molar-refractivity contribution in [2.75, 3.05) is 6.61 Å². The van der Waals surface area contributed by atoms with E-state index in [1.54, 1.807) is 6.07 Å². The van der Waals surface area contributed by atoms with Crippen molar-refractivity contribution >= 4 is 17.4 Å². The zero-order valence-corrected chi connectivity index (χ0v) is 10.9. The van der Waals surface area contributed by atoms with Crippen LogP contribution in [0.25, 0.3) is 0 Å². The van der Waals surface area contributed by atoms with Crippen molar-refractivity contribution in [2.45, 2.75) is 6.92 Å². The van der Waals surface area contributed by atoms with Gasteiger partial charge in [0.2, 0.25) is 0 Å². The molecule has 0 saturated heterocycles. The number of ether oxygens (including phenoxy) is 1. The molecule has 0 atom stereocenters. The van der Waals surface area contributed by atoms with Crippen LogP contribution < -0.4 is 4.74 Å². The van der Waals surface area contributed by atoms with Gasteiger partial charge in [-0.3, -0.25) is 9.78 Å². The highest BCUT2D eigenvalue weighted by molar-refractivity contribution is 6.35. The first-order chi connectivity index (χ1) is 9.11. The van der Waals surface area contributed by atoms with Gasteiger partial charge in [0.05, 0.1) is 17.8 Å². The third-order valence-corrected chi connectivity index (χ3v) is 2.77. The predicted molar refractivity (Wildman–Crippen MR) is 70.2 cm³/mol. The minimum atomic E-state index is -0.484. The normalized spacial score (nSPS) is 10.3. The van der Waals surface area contributed by atoms with E-state index >= 15 is 0 Å². The molecule has 1 heterocycles. The Hall–Kier alpha value is -1.94. The molecule has 0 radical (unpaired) electrons. The zero-order chi connectivity index (χ0) is 13.8. The fraction of sp³-hybridized carbons (Fsp3) is 0.143. The number of halogens is 2. The van der Waals surface area contributed by atoms with E-state index in [0.29, 0.717) is 17.9 Å². The first kappa shape index (κ1) is 13.5. The number of aromatic nitrogens is 1. The van der Waals surface area contributed by atoms with Gasteiger partial charge in [0.1, 0.15) is 11.6 Å². The minimum Gasteiger partial charge on any atom is -0.492 e. The van der Waals surface area contributed by atoms with E-state index < -0.39 is 5.82 Å². The van der Waals surface area contributed by atoms with Gasteiger partial charge in [0, 0.05) is 17.3 Å². The van der Waals surface area contributed by atoms with Crippen molar-refractivity contribution in [3.05, 3.63) is 58.6 Å². The summed E-state index contributed by atoms with van der Waals surface area (Å²) < 4.78 is 18.2. The molecule has 98 valence electrons. The number of nitrogens with zero attached hydrogens (tertiary/aromatic N) is 1. The molecule has 2 rings (SSSR count). The highest BCUT2D eigenvalue weighted by Gasteiger charge is 2.14. The van der Waals surface area contributed by atoms with Gasteiger partial charge < -0.3 is 4.74 Å². The lowest BCUT2D eigenvalue weighted by molar-refractivity contribution is 0.103. The van der Waals surface area contributed by atoms with Gasteiger partial charge in [-0.2, -0.15) is 0 Å². The molecule has 5 heteroatoms. The lowest BCUT2D eigenvalue weighted by atomic mass is 10.0. The molecule has 2 aromatic rings. The number of rotatable bonds is 4. The quantitative estimate of drug-likeness (QED) is 0.804. The van der Waals surface area contributed by atoms with Gasteiger partial charge in [-0.1, -0.05) is 11.6 Å². The SMILES string of the molecule is CCOc1cncc(C(=O)c2ccc(F)cc2Cl)c1. The second-order valence-electron chi connectivity index (χ2n) is 3.80. The molecule has 0 amide bonds. The first-order valence-corrected chi connectivity index (χ1v) is 6.07. The Morgan fingerprint density at radius 2 is 2.16 bits per heavy atom. The first-order valence-electron chi connectivity index (χ1n) is 5.69. The van der Waals surface area contributed by atoms with Gasteiger partial charge in [0.15, 0.2) is 5.78 Å². The predicted octanol–water partition coefficient (Wildman–Crippen LogP) is 3.50. The third kappa shape index (κ3) is 3.09. The molecular weight excluding hydrogens is 269 g/mol. The molecule has 0 aliphatic rings. The maximum atomic E-state index is 12.9. The molecule has 0 spiro atoms. The number of ketones is 1. The second kappa shape index (κ2) is 5.80. The summed E-state index contributed by atoms with van der Waals surface area (Å²) in [5.41, 5.74) is 0.581. The Morgan fingerprint density at radius 1 is 1.37 bits per heavy atom. The van der Waals surface area contributed by atoms with Crippen molar-refractivity contribution < 1.29 is 13.9 Å². The summed E-state index contributed by atoms with van der Waals surface area (Å²) in [6.07, 6.45) is 2.94. The van der Waals surface area contributed by atoms with Crippen LogP contribution in [0.3, 0.4) is 0 Å². The molecule has 0 N–H and O–H groups in total. The molecule has 19 heavy (non-hydrogen) atoms. The third-order valence-electron chi connectivity index (χ3n) is 2.46. The van der Waals surface area contributed by atoms with Crippen LogP contribution in [0.5, 0.6) is 5.75 Å². The molecule has 1 aromatic heterocycles. The molecule has 0 saturated carbocycles. The molecule has 0 bridgehead atoms. The van der Waals surface area contributed by atoms with Gasteiger partial charge >= 0.3 is 0 Å². The maximum absolute atomic E-state index is 12.9. The largest absolute Gasteiger partial charge is 0.492 e. The number of hydrogen-bond donors (Lipinski definition) is 0. The van der Waals surface area contributed by atoms with Crippen LogP contribution in [-0.2, 0) is 0 Å². The number of carbonyl (C=O) groups excluding carboxylic acids is 1. The molecule has 0 unspecified atom stereocenters. The van der Waals surface area contributed by atoms with Gasteiger partial charge in [-0.25, -0.2) is 4.39 Å². The van der Waals surface area contributed by atoms with E-state index in [9.17, 15) is 9.18 Å². The summed E-state index contributed by atoms with van der Waals surface area (Å²) in [7, 11) is 0. The van der Waals surface area contributed by atoms with Crippen LogP contribution in [0, 0.1) is 5.82 Å². The van der Waals surface area contributed by atoms with Gasteiger partial charge in [0.25, 0.3) is 0 Å². The Labute approximate surface area is 115 Å². The summed E-state index contributed by atoms with van der Waals surface area (Å²) in [5.74, 6) is -0.298. The molecule has 3 nitrogen and oxygen atoms in total. The molecular formula is C14H11ClFNO2. The molecule has 0 aliphatic carbocycles. The molecule has 0 aliphatic heterocycles. The van der Waals surface area contributed by atoms with Crippen LogP contribution in [0.15, 0.2) is 36.7 Å². The summed E-state index contributed by atoms with van der Waals surface area (Å²) in [6, 6.07) is 5.24. The van der Waals surface area contributed by atoms with Crippen molar-refractivity contribution in [2.24, 2.45) is 0 Å². The van der Waals surface area contributed by atoms with Crippen LogP contribution in [0.4, 0.5) is 4.39 Å². The van der Waals surface area contributed by atoms with Gasteiger partial charge in [-0.15, -0.1) is 0 Å². The fourth-order valence-electron chi connectivity index (χ4n) is 1.62. The van der Waals surface area contributed by atoms with Crippen LogP contribution >= 0.6 is 11.6 Å². The molecule has 0 fully saturated rings. The van der Waals surface area contributed by atoms with E-state index in [0.717, 1.165) is 6.07 Å². The number of pyridine rings is 1. The topological polar surface area (TPSA) is 39.2 Å². The summed E-state index contributed by atoms with van der Waals surface area (Å²) >= 11 is 5.86. The summed E-state index contributed by atoms with van der Waals surface area (Å²) in [4.78, 5) is 16.2. The van der Waals surface area contributed by atoms with Crippen LogP contribution in [-0.4, -0.2) is 17.4 Å². The van der Waals surface area contributed by atoms with Crippen molar-refractivity contribution in [1.82, 2.24) is 4.98 Å². The van der Waals surface area contributed by atoms with E-state index in [4.69, 9.17) is 16.3 Å². The van der Waals surface area contributed by atoms with E-state index in [1.807, 2.05) is 6.92 Å². The van der Waals surface area contributed by atoms with Gasteiger partial charge in [-0.05, 0) is 31.2 Å². The summed E-state index contributed by atoms with van der Waals surface area (Å²) in [6.45, 7) is 2.32. The second-order valence-corrected chi connectivity index (χ2v) is 4.20. The van der Waals surface area contributed by atoms with Crippen molar-refractivity contribution in [3.63, 3.8) is 0 Å². The van der Waals surface area contributed by atoms with E-state index in [2.05, 4.69) is 4.98 Å². The smallest absolute Gasteiger partial charge is 0.196 e. The Morgan fingerprint density at radius 3 is 2.84 bits per heavy atom. The minimum absolute atomic E-state index is 0.0758. The highest BCUT2D eigenvalue weighted by Crippen LogP contribution is 2.22. The highest BCUT2D eigenvalue weighted by atomic mass is 35.5. The number of hydrogen-bond acceptors (Lipinski definition) is 3. The Balaban J connectivity index is 2.35. The average molecular weight is 280 g/mol. The van der Waals surface area contributed by atoms with E-state index in [1.165, 1.54) is 24.5 Å². The van der Waals surface area contributed by atoms with Crippen molar-refractivity contribution in [3.8, 4) is 5.75 Å². The zero-order valence-electron chi connectivity index (χ0n) is 10.2. The van der Waals surface area contributed by atoms with Crippen molar-refractivity contribution in [1.29, 1.82) is 0 Å². The Kier molecular flexibility index (Phi) is 4.12. The summed E-state index contributed by atoms with van der Waals surface area (Å²) in [5, 5.41) is 0.0758. The fourth-order valence-corrected chi connectivity index (χ4v) is 1.87. The molecule has 1 aromatic carbocycles. The van der Waals surface area contributed by atoms with Crippen LogP contribution in [0.1, 0.15) is 22.8 Å². The standard InChI is InChI=1S/C14H11ClFNO2/c1-2-19-11-5-9(7-17-8-11)14(18)12-4-3-10(16)6-13(12)15/h3-8H,2H2,1H3. The van der Waals surface area contributed by atoms with Crippen LogP contribution in [0.2, 0.25) is 5.02 Å². The Bertz CT molecular complexity index is 616. The lowest BCUT2D eigenvalue weighted by Gasteiger charge is -2.06. The number of carbonyl (C=O) groups is 1. The average Bonchev–Trinajstić information content (AvgIpc) is 2.39. The number of benzene rings is 1. The monoisotopic (exact) mass is 279 g/mol. The maximum Gasteiger partial charge on any atom is 0.196 e. The lowest BCUT2D eigenvalue weighted by Crippen LogP contribution is -2.04.